The number of nitrogens with zero attached hydrogens (tertiary/aromatic N) is 1. The van der Waals surface area contributed by atoms with Crippen LogP contribution in [-0.2, 0) is 16.1 Å². The fraction of sp³-hybridized carbons (Fsp3) is 0.600. The number of carbonyl (C=O) groups is 2. The smallest absolute Gasteiger partial charge is 0.423 e. The molecule has 8 nitrogen and oxygen atoms in total. The molecule has 0 aliphatic carbocycles. The van der Waals surface area contributed by atoms with Crippen molar-refractivity contribution in [2.45, 2.75) is 45.6 Å². The Kier molecular flexibility index (Phi) is 13.0. The topological polar surface area (TPSA) is 114 Å². The first-order chi connectivity index (χ1) is 13.9. The predicted octanol–water partition coefficient (Wildman–Crippen LogP) is -0.452. The van der Waals surface area contributed by atoms with E-state index in [2.05, 4.69) is 20.9 Å². The maximum atomic E-state index is 11.8. The zero-order chi connectivity index (χ0) is 21.5. The van der Waals surface area contributed by atoms with E-state index >= 15 is 0 Å². The van der Waals surface area contributed by atoms with Gasteiger partial charge >= 0.3 is 7.12 Å². The van der Waals surface area contributed by atoms with Crippen molar-refractivity contribution in [1.82, 2.24) is 20.9 Å². The second-order valence-corrected chi connectivity index (χ2v) is 7.18. The van der Waals surface area contributed by atoms with Crippen LogP contribution in [0.2, 0.25) is 0 Å². The van der Waals surface area contributed by atoms with Crippen LogP contribution in [-0.4, -0.2) is 67.2 Å². The maximum Gasteiger partial charge on any atom is 0.488 e. The van der Waals surface area contributed by atoms with Crippen LogP contribution in [0.3, 0.4) is 0 Å². The van der Waals surface area contributed by atoms with E-state index in [1.54, 1.807) is 12.1 Å². The molecule has 5 N–H and O–H groups in total. The molecule has 0 bridgehead atoms. The Morgan fingerprint density at radius 2 is 1.66 bits per heavy atom. The lowest BCUT2D eigenvalue weighted by Gasteiger charge is -2.16. The summed E-state index contributed by atoms with van der Waals surface area (Å²) in [5.74, 6) is -0.102. The molecule has 0 aromatic heterocycles. The summed E-state index contributed by atoms with van der Waals surface area (Å²) in [6.45, 7) is 5.38. The largest absolute Gasteiger partial charge is 0.488 e. The molecule has 162 valence electrons. The third-order valence-corrected chi connectivity index (χ3v) is 4.52. The van der Waals surface area contributed by atoms with Gasteiger partial charge in [-0.25, -0.2) is 0 Å². The van der Waals surface area contributed by atoms with Crippen LogP contribution >= 0.6 is 0 Å². The monoisotopic (exact) mass is 406 g/mol. The predicted molar refractivity (Wildman–Crippen MR) is 115 cm³/mol. The number of hydrogen-bond acceptors (Lipinski definition) is 6. The molecule has 0 saturated heterocycles. The van der Waals surface area contributed by atoms with Gasteiger partial charge in [-0.2, -0.15) is 0 Å². The van der Waals surface area contributed by atoms with Crippen molar-refractivity contribution >= 4 is 24.4 Å². The van der Waals surface area contributed by atoms with Crippen molar-refractivity contribution in [3.05, 3.63) is 29.8 Å². The van der Waals surface area contributed by atoms with E-state index in [0.717, 1.165) is 44.5 Å². The molecule has 9 heteroatoms. The van der Waals surface area contributed by atoms with Crippen molar-refractivity contribution < 1.29 is 19.6 Å². The average molecular weight is 406 g/mol. The summed E-state index contributed by atoms with van der Waals surface area (Å²) in [6, 6.07) is 7.20. The lowest BCUT2D eigenvalue weighted by molar-refractivity contribution is -0.123. The van der Waals surface area contributed by atoms with Gasteiger partial charge in [0.1, 0.15) is 0 Å². The van der Waals surface area contributed by atoms with Gasteiger partial charge in [0, 0.05) is 25.9 Å². The quantitative estimate of drug-likeness (QED) is 0.153. The minimum absolute atomic E-state index is 0.0421. The number of benzene rings is 1. The molecule has 2 amide bonds. The second kappa shape index (κ2) is 15.0. The van der Waals surface area contributed by atoms with Gasteiger partial charge in [0.2, 0.25) is 11.8 Å². The van der Waals surface area contributed by atoms with E-state index in [9.17, 15) is 9.59 Å². The molecule has 0 saturated carbocycles. The Bertz CT molecular complexity index is 599. The van der Waals surface area contributed by atoms with Crippen LogP contribution in [0.25, 0.3) is 0 Å². The number of hydrogen-bond donors (Lipinski definition) is 5. The van der Waals surface area contributed by atoms with Gasteiger partial charge in [0.25, 0.3) is 0 Å². The fourth-order valence-corrected chi connectivity index (χ4v) is 2.72. The van der Waals surface area contributed by atoms with Gasteiger partial charge in [-0.05, 0) is 50.4 Å². The Morgan fingerprint density at radius 1 is 1.00 bits per heavy atom. The number of carbonyl (C=O) groups excluding carboxylic acids is 2. The minimum Gasteiger partial charge on any atom is -0.423 e. The van der Waals surface area contributed by atoms with E-state index in [-0.39, 0.29) is 18.5 Å². The van der Waals surface area contributed by atoms with E-state index in [4.69, 9.17) is 10.0 Å². The van der Waals surface area contributed by atoms with Crippen molar-refractivity contribution in [2.24, 2.45) is 0 Å². The highest BCUT2D eigenvalue weighted by Crippen LogP contribution is 1.98. The normalized spacial score (nSPS) is 10.8. The molecule has 0 aliphatic heterocycles. The Hall–Kier alpha value is -1.94. The molecular weight excluding hydrogens is 371 g/mol. The molecule has 0 radical (unpaired) electrons. The van der Waals surface area contributed by atoms with Crippen LogP contribution in [0.4, 0.5) is 0 Å². The molecule has 1 aromatic carbocycles. The summed E-state index contributed by atoms with van der Waals surface area (Å²) in [6.07, 6.45) is 3.76. The lowest BCUT2D eigenvalue weighted by atomic mass is 9.80. The zero-order valence-electron chi connectivity index (χ0n) is 17.6. The van der Waals surface area contributed by atoms with Gasteiger partial charge in [0.15, 0.2) is 0 Å². The zero-order valence-corrected chi connectivity index (χ0v) is 17.6. The Balaban J connectivity index is 2.01. The van der Waals surface area contributed by atoms with Gasteiger partial charge < -0.3 is 30.9 Å². The first-order valence-electron chi connectivity index (χ1n) is 10.3. The summed E-state index contributed by atoms with van der Waals surface area (Å²) >= 11 is 0. The van der Waals surface area contributed by atoms with Crippen molar-refractivity contribution in [3.63, 3.8) is 0 Å². The highest BCUT2D eigenvalue weighted by molar-refractivity contribution is 6.58. The number of amides is 2. The lowest BCUT2D eigenvalue weighted by Crippen LogP contribution is -2.38. The van der Waals surface area contributed by atoms with Crippen molar-refractivity contribution in [1.29, 1.82) is 0 Å². The van der Waals surface area contributed by atoms with Crippen LogP contribution in [0.15, 0.2) is 24.3 Å². The highest BCUT2D eigenvalue weighted by Gasteiger charge is 2.09. The third-order valence-electron chi connectivity index (χ3n) is 4.52. The molecule has 0 atom stereocenters. The van der Waals surface area contributed by atoms with Crippen LogP contribution in [0, 0.1) is 0 Å². The average Bonchev–Trinajstić information content (AvgIpc) is 2.69. The summed E-state index contributed by atoms with van der Waals surface area (Å²) < 4.78 is 0. The maximum absolute atomic E-state index is 11.8. The summed E-state index contributed by atoms with van der Waals surface area (Å²) in [4.78, 5) is 25.2. The second-order valence-electron chi connectivity index (χ2n) is 7.18. The van der Waals surface area contributed by atoms with Crippen LogP contribution in [0.5, 0.6) is 0 Å². The standard InChI is InChI=1S/C20H35BN4O4/c1-3-6-19(26)23-16-24-20(27)11-14-25(2)13-5-4-12-22-15-17-7-9-18(10-8-17)21(28)29/h7-10,22,28-29H,3-6,11-16H2,1-2H3,(H,23,26)(H,24,27). The molecule has 0 fully saturated rings. The summed E-state index contributed by atoms with van der Waals surface area (Å²) in [5, 5.41) is 26.9. The molecular formula is C20H35BN4O4. The molecule has 29 heavy (non-hydrogen) atoms. The van der Waals surface area contributed by atoms with Crippen molar-refractivity contribution in [3.8, 4) is 0 Å². The van der Waals surface area contributed by atoms with E-state index in [0.29, 0.717) is 24.8 Å². The number of nitrogens with one attached hydrogen (secondary N) is 3. The van der Waals surface area contributed by atoms with Crippen molar-refractivity contribution in [2.75, 3.05) is 33.4 Å². The fourth-order valence-electron chi connectivity index (χ4n) is 2.72. The molecule has 1 aromatic rings. The number of unbranched alkanes of at least 4 members (excludes halogenated alkanes) is 1. The van der Waals surface area contributed by atoms with Gasteiger partial charge in [0.05, 0.1) is 6.67 Å². The SMILES string of the molecule is CCCC(=O)NCNC(=O)CCN(C)CCCCNCc1ccc(B(O)O)cc1. The molecule has 1 rings (SSSR count). The third kappa shape index (κ3) is 12.3. The minimum atomic E-state index is -1.42. The van der Waals surface area contributed by atoms with Gasteiger partial charge in [-0.1, -0.05) is 31.2 Å². The molecule has 0 spiro atoms. The Labute approximate surface area is 174 Å². The van der Waals surface area contributed by atoms with Gasteiger partial charge in [-0.3, -0.25) is 9.59 Å². The highest BCUT2D eigenvalue weighted by atomic mass is 16.4. The van der Waals surface area contributed by atoms with E-state index < -0.39 is 7.12 Å². The Morgan fingerprint density at radius 3 is 2.28 bits per heavy atom. The first-order valence-corrected chi connectivity index (χ1v) is 10.3. The summed E-state index contributed by atoms with van der Waals surface area (Å²) in [7, 11) is 0.577. The summed E-state index contributed by atoms with van der Waals surface area (Å²) in [5.41, 5.74) is 1.59. The van der Waals surface area contributed by atoms with Gasteiger partial charge in [-0.15, -0.1) is 0 Å². The molecule has 0 unspecified atom stereocenters. The van der Waals surface area contributed by atoms with Crippen LogP contribution < -0.4 is 21.4 Å². The van der Waals surface area contributed by atoms with E-state index in [1.165, 1.54) is 0 Å². The van der Waals surface area contributed by atoms with Crippen LogP contribution in [0.1, 0.15) is 44.6 Å². The molecule has 0 aliphatic rings. The number of rotatable bonds is 15. The van der Waals surface area contributed by atoms with E-state index in [1.807, 2.05) is 26.1 Å². The molecule has 0 heterocycles. The first kappa shape index (κ1) is 25.1.